The normalized spacial score (nSPS) is 13.8. The first-order chi connectivity index (χ1) is 15.4. The van der Waals surface area contributed by atoms with Gasteiger partial charge in [0.15, 0.2) is 16.2 Å². The predicted molar refractivity (Wildman–Crippen MR) is 125 cm³/mol. The quantitative estimate of drug-likeness (QED) is 0.424. The van der Waals surface area contributed by atoms with E-state index in [0.29, 0.717) is 28.6 Å². The molecule has 5 rings (SSSR count). The van der Waals surface area contributed by atoms with Crippen molar-refractivity contribution in [3.05, 3.63) is 58.3 Å². The van der Waals surface area contributed by atoms with Gasteiger partial charge in [0.1, 0.15) is 0 Å². The molecule has 2 N–H and O–H groups in total. The largest absolute Gasteiger partial charge is 0.345 e. The fourth-order valence-electron chi connectivity index (χ4n) is 4.01. The van der Waals surface area contributed by atoms with Gasteiger partial charge in [-0.05, 0) is 57.5 Å². The highest BCUT2D eigenvalue weighted by Crippen LogP contribution is 2.35. The summed E-state index contributed by atoms with van der Waals surface area (Å²) in [6, 6.07) is 10.4. The van der Waals surface area contributed by atoms with E-state index >= 15 is 0 Å². The van der Waals surface area contributed by atoms with Crippen molar-refractivity contribution in [2.45, 2.75) is 52.2 Å². The second-order valence-corrected chi connectivity index (χ2v) is 8.91. The Kier molecular flexibility index (Phi) is 5.13. The van der Waals surface area contributed by atoms with Crippen LogP contribution in [0.5, 0.6) is 0 Å². The van der Waals surface area contributed by atoms with Crippen LogP contribution in [0.15, 0.2) is 36.5 Å². The van der Waals surface area contributed by atoms with Gasteiger partial charge in [-0.2, -0.15) is 10.2 Å². The number of pyridine rings is 1. The Morgan fingerprint density at radius 1 is 1.31 bits per heavy atom. The van der Waals surface area contributed by atoms with Crippen LogP contribution in [0.4, 0.5) is 0 Å². The van der Waals surface area contributed by atoms with Gasteiger partial charge in [-0.3, -0.25) is 14.5 Å². The summed E-state index contributed by atoms with van der Waals surface area (Å²) in [5, 5.41) is 15.4. The number of nitrogens with one attached hydrogen (secondary N) is 2. The van der Waals surface area contributed by atoms with Crippen LogP contribution in [0.1, 0.15) is 60.5 Å². The molecule has 8 nitrogen and oxygen atoms in total. The number of fused-ring (bicyclic) bond motifs is 1. The summed E-state index contributed by atoms with van der Waals surface area (Å²) in [4.78, 5) is 18.2. The summed E-state index contributed by atoms with van der Waals surface area (Å²) in [5.74, 6) is 0.556. The molecule has 164 valence electrons. The third-order valence-electron chi connectivity index (χ3n) is 5.82. The van der Waals surface area contributed by atoms with Crippen LogP contribution in [0.25, 0.3) is 22.3 Å². The standard InChI is InChI=1S/C23H25N7OS/c1-13(2)30-21-18(11-25-30)17(10-19(26-21)16-7-5-4-6-14(16)3)22(31)24-12-20-27-28-23(32)29(20)15-8-9-15/h4-7,10-11,13,15H,8-9,12H2,1-3H3,(H,24,31)(H,28,32). The Morgan fingerprint density at radius 2 is 2.09 bits per heavy atom. The summed E-state index contributed by atoms with van der Waals surface area (Å²) in [5.41, 5.74) is 4.10. The van der Waals surface area contributed by atoms with Gasteiger partial charge >= 0.3 is 0 Å². The van der Waals surface area contributed by atoms with Crippen LogP contribution in [-0.2, 0) is 6.54 Å². The molecule has 0 saturated heterocycles. The van der Waals surface area contributed by atoms with Gasteiger partial charge in [-0.1, -0.05) is 24.3 Å². The number of aromatic nitrogens is 6. The van der Waals surface area contributed by atoms with Crippen LogP contribution in [0.2, 0.25) is 0 Å². The average Bonchev–Trinajstić information content (AvgIpc) is 3.40. The number of H-pyrrole nitrogens is 1. The minimum Gasteiger partial charge on any atom is -0.345 e. The van der Waals surface area contributed by atoms with Crippen molar-refractivity contribution in [3.63, 3.8) is 0 Å². The second-order valence-electron chi connectivity index (χ2n) is 8.52. The molecule has 1 fully saturated rings. The minimum atomic E-state index is -0.188. The van der Waals surface area contributed by atoms with E-state index in [-0.39, 0.29) is 11.9 Å². The second kappa shape index (κ2) is 7.98. The van der Waals surface area contributed by atoms with E-state index in [1.165, 1.54) is 0 Å². The molecule has 9 heteroatoms. The Labute approximate surface area is 190 Å². The highest BCUT2D eigenvalue weighted by molar-refractivity contribution is 7.71. The zero-order valence-electron chi connectivity index (χ0n) is 18.3. The number of amides is 1. The van der Waals surface area contributed by atoms with Crippen molar-refractivity contribution in [3.8, 4) is 11.3 Å². The van der Waals surface area contributed by atoms with Crippen molar-refractivity contribution in [2.75, 3.05) is 0 Å². The van der Waals surface area contributed by atoms with Crippen LogP contribution in [0, 0.1) is 11.7 Å². The van der Waals surface area contributed by atoms with Crippen LogP contribution >= 0.6 is 12.2 Å². The van der Waals surface area contributed by atoms with E-state index in [1.54, 1.807) is 6.20 Å². The number of aromatic amines is 1. The Balaban J connectivity index is 1.54. The molecule has 3 heterocycles. The summed E-state index contributed by atoms with van der Waals surface area (Å²) >= 11 is 5.35. The lowest BCUT2D eigenvalue weighted by molar-refractivity contribution is 0.0951. The number of hydrogen-bond donors (Lipinski definition) is 2. The van der Waals surface area contributed by atoms with E-state index in [1.807, 2.05) is 46.5 Å². The molecule has 0 aliphatic heterocycles. The molecule has 1 amide bonds. The predicted octanol–water partition coefficient (Wildman–Crippen LogP) is 4.51. The van der Waals surface area contributed by atoms with Gasteiger partial charge in [0.25, 0.3) is 5.91 Å². The number of hydrogen-bond acceptors (Lipinski definition) is 5. The van der Waals surface area contributed by atoms with E-state index in [9.17, 15) is 4.79 Å². The maximum atomic E-state index is 13.3. The first-order valence-corrected chi connectivity index (χ1v) is 11.2. The highest BCUT2D eigenvalue weighted by atomic mass is 32.1. The number of benzene rings is 1. The van der Waals surface area contributed by atoms with E-state index < -0.39 is 0 Å². The molecule has 1 aromatic carbocycles. The first-order valence-electron chi connectivity index (χ1n) is 10.8. The van der Waals surface area contributed by atoms with Gasteiger partial charge in [0.05, 0.1) is 29.4 Å². The molecule has 0 unspecified atom stereocenters. The molecule has 1 aliphatic carbocycles. The highest BCUT2D eigenvalue weighted by Gasteiger charge is 2.27. The molecule has 0 spiro atoms. The van der Waals surface area contributed by atoms with E-state index in [4.69, 9.17) is 17.2 Å². The molecular formula is C23H25N7OS. The first kappa shape index (κ1) is 20.6. The molecule has 0 bridgehead atoms. The zero-order valence-corrected chi connectivity index (χ0v) is 19.1. The fraction of sp³-hybridized carbons (Fsp3) is 0.348. The fourth-order valence-corrected chi connectivity index (χ4v) is 4.31. The lowest BCUT2D eigenvalue weighted by atomic mass is 10.0. The molecule has 3 aromatic heterocycles. The Hall–Kier alpha value is -3.33. The molecular weight excluding hydrogens is 422 g/mol. The molecule has 1 aliphatic rings. The SMILES string of the molecule is Cc1ccccc1-c1cc(C(=O)NCc2n[nH]c(=S)n2C2CC2)c2cnn(C(C)C)c2n1. The molecule has 0 radical (unpaired) electrons. The lowest BCUT2D eigenvalue weighted by Crippen LogP contribution is -2.25. The minimum absolute atomic E-state index is 0.120. The van der Waals surface area contributed by atoms with Gasteiger partial charge in [0.2, 0.25) is 0 Å². The van der Waals surface area contributed by atoms with Crippen molar-refractivity contribution in [2.24, 2.45) is 0 Å². The smallest absolute Gasteiger partial charge is 0.252 e. The molecule has 0 atom stereocenters. The van der Waals surface area contributed by atoms with E-state index in [2.05, 4.69) is 34.5 Å². The van der Waals surface area contributed by atoms with Gasteiger partial charge in [-0.25, -0.2) is 9.67 Å². The number of carbonyl (C=O) groups is 1. The van der Waals surface area contributed by atoms with Gasteiger partial charge < -0.3 is 5.32 Å². The maximum absolute atomic E-state index is 13.3. The van der Waals surface area contributed by atoms with Crippen molar-refractivity contribution in [1.82, 2.24) is 34.8 Å². The van der Waals surface area contributed by atoms with Crippen LogP contribution < -0.4 is 5.32 Å². The van der Waals surface area contributed by atoms with Crippen LogP contribution in [-0.4, -0.2) is 35.4 Å². The third-order valence-corrected chi connectivity index (χ3v) is 6.11. The Bertz CT molecular complexity index is 1380. The monoisotopic (exact) mass is 447 g/mol. The van der Waals surface area contributed by atoms with Crippen molar-refractivity contribution >= 4 is 29.2 Å². The lowest BCUT2D eigenvalue weighted by Gasteiger charge is -2.12. The zero-order chi connectivity index (χ0) is 22.4. The van der Waals surface area contributed by atoms with Gasteiger partial charge in [0, 0.05) is 17.6 Å². The average molecular weight is 448 g/mol. The molecule has 4 aromatic rings. The molecule has 1 saturated carbocycles. The maximum Gasteiger partial charge on any atom is 0.252 e. The number of rotatable bonds is 6. The van der Waals surface area contributed by atoms with Crippen molar-refractivity contribution < 1.29 is 4.79 Å². The number of nitrogens with zero attached hydrogens (tertiary/aromatic N) is 5. The van der Waals surface area contributed by atoms with Crippen molar-refractivity contribution in [1.29, 1.82) is 0 Å². The topological polar surface area (TPSA) is 93.4 Å². The Morgan fingerprint density at radius 3 is 2.81 bits per heavy atom. The van der Waals surface area contributed by atoms with Gasteiger partial charge in [-0.15, -0.1) is 0 Å². The summed E-state index contributed by atoms with van der Waals surface area (Å²) in [6.45, 7) is 6.44. The summed E-state index contributed by atoms with van der Waals surface area (Å²) < 4.78 is 4.46. The van der Waals surface area contributed by atoms with E-state index in [0.717, 1.165) is 40.9 Å². The number of aryl methyl sites for hydroxylation is 1. The summed E-state index contributed by atoms with van der Waals surface area (Å²) in [7, 11) is 0. The van der Waals surface area contributed by atoms with Crippen LogP contribution in [0.3, 0.4) is 0 Å². The third kappa shape index (κ3) is 3.62. The number of carbonyl (C=O) groups excluding carboxylic acids is 1. The molecule has 32 heavy (non-hydrogen) atoms. The summed E-state index contributed by atoms with van der Waals surface area (Å²) in [6.07, 6.45) is 3.90.